The molecular formula is C18H37N. The summed E-state index contributed by atoms with van der Waals surface area (Å²) in [7, 11) is 4.32. The lowest BCUT2D eigenvalue weighted by Gasteiger charge is -2.08. The lowest BCUT2D eigenvalue weighted by Crippen LogP contribution is -2.12. The maximum absolute atomic E-state index is 2.40. The van der Waals surface area contributed by atoms with Gasteiger partial charge in [-0.1, -0.05) is 64.0 Å². The monoisotopic (exact) mass is 267 g/mol. The van der Waals surface area contributed by atoms with Gasteiger partial charge in [0.15, 0.2) is 0 Å². The van der Waals surface area contributed by atoms with E-state index in [4.69, 9.17) is 0 Å². The molecule has 0 atom stereocenters. The van der Waals surface area contributed by atoms with E-state index in [9.17, 15) is 0 Å². The molecule has 0 N–H and O–H groups in total. The summed E-state index contributed by atoms with van der Waals surface area (Å²) in [5.41, 5.74) is 0. The van der Waals surface area contributed by atoms with E-state index in [0.717, 1.165) is 0 Å². The number of hydrogen-bond donors (Lipinski definition) is 0. The van der Waals surface area contributed by atoms with Crippen LogP contribution in [0.2, 0.25) is 0 Å². The van der Waals surface area contributed by atoms with Crippen molar-refractivity contribution in [3.8, 4) is 0 Å². The van der Waals surface area contributed by atoms with Crippen molar-refractivity contribution in [2.24, 2.45) is 0 Å². The maximum atomic E-state index is 2.40. The molecule has 0 bridgehead atoms. The van der Waals surface area contributed by atoms with E-state index < -0.39 is 0 Å². The largest absolute Gasteiger partial charge is 0.309 e. The molecule has 0 unspecified atom stereocenters. The lowest BCUT2D eigenvalue weighted by molar-refractivity contribution is 0.389. The lowest BCUT2D eigenvalue weighted by atomic mass is 10.1. The minimum Gasteiger partial charge on any atom is -0.309 e. The van der Waals surface area contributed by atoms with Gasteiger partial charge < -0.3 is 4.90 Å². The second-order valence-corrected chi connectivity index (χ2v) is 6.03. The second kappa shape index (κ2) is 15.8. The van der Waals surface area contributed by atoms with Gasteiger partial charge in [-0.25, -0.2) is 0 Å². The normalized spacial score (nSPS) is 11.8. The van der Waals surface area contributed by atoms with E-state index in [1.807, 2.05) is 0 Å². The minimum atomic E-state index is 1.25. The molecule has 0 heterocycles. The molecule has 0 saturated heterocycles. The van der Waals surface area contributed by atoms with E-state index in [0.29, 0.717) is 0 Å². The topological polar surface area (TPSA) is 3.24 Å². The van der Waals surface area contributed by atoms with Crippen LogP contribution in [0.5, 0.6) is 0 Å². The van der Waals surface area contributed by atoms with Gasteiger partial charge in [0.05, 0.1) is 0 Å². The number of rotatable bonds is 14. The van der Waals surface area contributed by atoms with Crippen molar-refractivity contribution in [3.63, 3.8) is 0 Å². The Kier molecular flexibility index (Phi) is 15.5. The first-order valence-electron chi connectivity index (χ1n) is 8.57. The zero-order valence-corrected chi connectivity index (χ0v) is 13.8. The van der Waals surface area contributed by atoms with Gasteiger partial charge in [0, 0.05) is 0 Å². The average molecular weight is 268 g/mol. The van der Waals surface area contributed by atoms with Gasteiger partial charge in [-0.3, -0.25) is 0 Å². The van der Waals surface area contributed by atoms with Crippen LogP contribution in [0, 0.1) is 0 Å². The Morgan fingerprint density at radius 3 is 1.63 bits per heavy atom. The van der Waals surface area contributed by atoms with E-state index in [1.165, 1.54) is 83.6 Å². The standard InChI is InChI=1S/C18H37N/c1-4-5-6-7-8-9-10-11-12-13-14-15-16-17-18-19(2)3/h9-10H,4-8,11-18H2,1-3H3/b10-9+. The van der Waals surface area contributed by atoms with Crippen LogP contribution in [0.25, 0.3) is 0 Å². The highest BCUT2D eigenvalue weighted by Crippen LogP contribution is 2.08. The molecule has 0 fully saturated rings. The van der Waals surface area contributed by atoms with Gasteiger partial charge in [0.1, 0.15) is 0 Å². The third kappa shape index (κ3) is 17.7. The van der Waals surface area contributed by atoms with E-state index in [2.05, 4.69) is 38.1 Å². The highest BCUT2D eigenvalue weighted by atomic mass is 15.0. The van der Waals surface area contributed by atoms with Gasteiger partial charge in [-0.2, -0.15) is 0 Å². The SMILES string of the molecule is CCCCCC/C=C/CCCCCCCCN(C)C. The van der Waals surface area contributed by atoms with Crippen molar-refractivity contribution >= 4 is 0 Å². The zero-order chi connectivity index (χ0) is 14.2. The van der Waals surface area contributed by atoms with Crippen molar-refractivity contribution in [2.45, 2.75) is 84.0 Å². The van der Waals surface area contributed by atoms with Crippen LogP contribution in [0.1, 0.15) is 84.0 Å². The number of allylic oxidation sites excluding steroid dienone is 2. The number of nitrogens with zero attached hydrogens (tertiary/aromatic N) is 1. The molecule has 0 aliphatic carbocycles. The highest BCUT2D eigenvalue weighted by molar-refractivity contribution is 4.81. The first kappa shape index (κ1) is 18.7. The second-order valence-electron chi connectivity index (χ2n) is 6.03. The molecule has 114 valence electrons. The fourth-order valence-corrected chi connectivity index (χ4v) is 2.32. The van der Waals surface area contributed by atoms with Gasteiger partial charge in [0.2, 0.25) is 0 Å². The fourth-order valence-electron chi connectivity index (χ4n) is 2.32. The van der Waals surface area contributed by atoms with Crippen molar-refractivity contribution in [1.29, 1.82) is 0 Å². The van der Waals surface area contributed by atoms with Crippen LogP contribution in [0.15, 0.2) is 12.2 Å². The van der Waals surface area contributed by atoms with Gasteiger partial charge >= 0.3 is 0 Å². The minimum absolute atomic E-state index is 1.25. The molecule has 1 heteroatoms. The fraction of sp³-hybridized carbons (Fsp3) is 0.889. The molecule has 0 saturated carbocycles. The molecule has 1 nitrogen and oxygen atoms in total. The Balaban J connectivity index is 3.03. The van der Waals surface area contributed by atoms with Gasteiger partial charge in [-0.05, 0) is 52.7 Å². The Labute approximate surface area is 122 Å². The molecule has 0 amide bonds. The third-order valence-corrected chi connectivity index (χ3v) is 3.62. The molecule has 19 heavy (non-hydrogen) atoms. The predicted molar refractivity (Wildman–Crippen MR) is 88.8 cm³/mol. The average Bonchev–Trinajstić information content (AvgIpc) is 2.39. The number of hydrogen-bond acceptors (Lipinski definition) is 1. The molecule has 0 aromatic heterocycles. The molecule has 0 rings (SSSR count). The summed E-state index contributed by atoms with van der Waals surface area (Å²) in [6, 6.07) is 0. The van der Waals surface area contributed by atoms with E-state index in [1.54, 1.807) is 0 Å². The summed E-state index contributed by atoms with van der Waals surface area (Å²) in [5.74, 6) is 0. The Bertz CT molecular complexity index is 184. The van der Waals surface area contributed by atoms with E-state index >= 15 is 0 Å². The molecular weight excluding hydrogens is 230 g/mol. The summed E-state index contributed by atoms with van der Waals surface area (Å²) in [6.45, 7) is 3.52. The van der Waals surface area contributed by atoms with Crippen LogP contribution >= 0.6 is 0 Å². The molecule has 0 aromatic carbocycles. The van der Waals surface area contributed by atoms with Crippen LogP contribution in [0.4, 0.5) is 0 Å². The van der Waals surface area contributed by atoms with Crippen LogP contribution < -0.4 is 0 Å². The summed E-state index contributed by atoms with van der Waals surface area (Å²) >= 11 is 0. The molecule has 0 aliphatic heterocycles. The first-order chi connectivity index (χ1) is 9.27. The van der Waals surface area contributed by atoms with Crippen LogP contribution in [0.3, 0.4) is 0 Å². The van der Waals surface area contributed by atoms with Crippen LogP contribution in [-0.2, 0) is 0 Å². The summed E-state index contributed by atoms with van der Waals surface area (Å²) in [4.78, 5) is 2.28. The molecule has 0 radical (unpaired) electrons. The zero-order valence-electron chi connectivity index (χ0n) is 13.8. The Hall–Kier alpha value is -0.300. The Morgan fingerprint density at radius 2 is 1.11 bits per heavy atom. The molecule has 0 aliphatic rings. The van der Waals surface area contributed by atoms with Crippen LogP contribution in [-0.4, -0.2) is 25.5 Å². The third-order valence-electron chi connectivity index (χ3n) is 3.62. The van der Waals surface area contributed by atoms with Crippen molar-refractivity contribution < 1.29 is 0 Å². The quantitative estimate of drug-likeness (QED) is 0.284. The molecule has 0 aromatic rings. The first-order valence-corrected chi connectivity index (χ1v) is 8.57. The Morgan fingerprint density at radius 1 is 0.632 bits per heavy atom. The van der Waals surface area contributed by atoms with Gasteiger partial charge in [-0.15, -0.1) is 0 Å². The highest BCUT2D eigenvalue weighted by Gasteiger charge is 1.92. The van der Waals surface area contributed by atoms with Crippen molar-refractivity contribution in [1.82, 2.24) is 4.90 Å². The van der Waals surface area contributed by atoms with Crippen molar-refractivity contribution in [2.75, 3.05) is 20.6 Å². The predicted octanol–water partition coefficient (Wildman–Crippen LogP) is 5.81. The summed E-state index contributed by atoms with van der Waals surface area (Å²) in [6.07, 6.45) is 21.4. The summed E-state index contributed by atoms with van der Waals surface area (Å²) < 4.78 is 0. The maximum Gasteiger partial charge on any atom is -0.00248 e. The van der Waals surface area contributed by atoms with Crippen molar-refractivity contribution in [3.05, 3.63) is 12.2 Å². The number of unbranched alkanes of at least 4 members (excludes halogenated alkanes) is 10. The smallest absolute Gasteiger partial charge is 0.00248 e. The molecule has 0 spiro atoms. The van der Waals surface area contributed by atoms with Gasteiger partial charge in [0.25, 0.3) is 0 Å². The summed E-state index contributed by atoms with van der Waals surface area (Å²) in [5, 5.41) is 0. The van der Waals surface area contributed by atoms with E-state index in [-0.39, 0.29) is 0 Å².